The van der Waals surface area contributed by atoms with Gasteiger partial charge in [0.1, 0.15) is 18.6 Å². The number of nitrogens with two attached hydrogens (primary N) is 1. The highest BCUT2D eigenvalue weighted by Crippen LogP contribution is 1.99. The van der Waals surface area contributed by atoms with Crippen LogP contribution in [0.4, 0.5) is 0 Å². The Morgan fingerprint density at radius 1 is 1.00 bits per heavy atom. The van der Waals surface area contributed by atoms with Gasteiger partial charge in [0.2, 0.25) is 17.7 Å². The summed E-state index contributed by atoms with van der Waals surface area (Å²) >= 11 is 3.88. The van der Waals surface area contributed by atoms with Crippen LogP contribution in [0, 0.1) is 0 Å². The van der Waals surface area contributed by atoms with Gasteiger partial charge >= 0.3 is 11.9 Å². The van der Waals surface area contributed by atoms with Crippen LogP contribution in [0.2, 0.25) is 0 Å². The fraction of sp³-hybridized carbons (Fsp3) is 0.615. The zero-order valence-electron chi connectivity index (χ0n) is 13.8. The van der Waals surface area contributed by atoms with Crippen LogP contribution in [0.3, 0.4) is 0 Å². The van der Waals surface area contributed by atoms with Crippen LogP contribution in [-0.4, -0.2) is 81.5 Å². The SMILES string of the molecule is CC(O)C(NC(=O)C(N)CC(=O)O)C(=O)NC(CS)C(=O)NCC(=O)O. The maximum absolute atomic E-state index is 12.2. The molecule has 4 atom stereocenters. The molecule has 8 N–H and O–H groups in total. The summed E-state index contributed by atoms with van der Waals surface area (Å²) in [4.78, 5) is 56.8. The van der Waals surface area contributed by atoms with Gasteiger partial charge in [0, 0.05) is 5.75 Å². The van der Waals surface area contributed by atoms with Crippen molar-refractivity contribution >= 4 is 42.3 Å². The number of hydrogen-bond donors (Lipinski definition) is 8. The number of amides is 3. The maximum atomic E-state index is 12.2. The van der Waals surface area contributed by atoms with Crippen molar-refractivity contribution in [2.45, 2.75) is 37.6 Å². The van der Waals surface area contributed by atoms with Gasteiger partial charge in [0.25, 0.3) is 0 Å². The molecule has 0 saturated heterocycles. The Morgan fingerprint density at radius 2 is 1.58 bits per heavy atom. The van der Waals surface area contributed by atoms with Crippen molar-refractivity contribution in [3.05, 3.63) is 0 Å². The molecule has 148 valence electrons. The second kappa shape index (κ2) is 11.3. The molecule has 0 aliphatic rings. The summed E-state index contributed by atoms with van der Waals surface area (Å²) in [5, 5.41) is 33.1. The number of nitrogens with one attached hydrogen (secondary N) is 3. The van der Waals surface area contributed by atoms with E-state index >= 15 is 0 Å². The van der Waals surface area contributed by atoms with Gasteiger partial charge in [-0.1, -0.05) is 0 Å². The number of carboxylic acid groups (broad SMARTS) is 2. The molecule has 26 heavy (non-hydrogen) atoms. The van der Waals surface area contributed by atoms with E-state index in [4.69, 9.17) is 15.9 Å². The van der Waals surface area contributed by atoms with E-state index in [-0.39, 0.29) is 5.75 Å². The molecule has 13 heteroatoms. The van der Waals surface area contributed by atoms with Crippen molar-refractivity contribution < 1.29 is 39.3 Å². The fourth-order valence-corrected chi connectivity index (χ4v) is 1.94. The lowest BCUT2D eigenvalue weighted by molar-refractivity contribution is -0.140. The first-order chi connectivity index (χ1) is 12.0. The summed E-state index contributed by atoms with van der Waals surface area (Å²) in [7, 11) is 0. The number of hydrogen-bond acceptors (Lipinski definition) is 8. The van der Waals surface area contributed by atoms with E-state index in [1.165, 1.54) is 6.92 Å². The number of rotatable bonds is 11. The first kappa shape index (κ1) is 23.6. The van der Waals surface area contributed by atoms with Crippen molar-refractivity contribution in [3.8, 4) is 0 Å². The molecule has 0 aliphatic carbocycles. The molecule has 0 aromatic heterocycles. The molecular weight excluding hydrogens is 372 g/mol. The number of carbonyl (C=O) groups is 5. The maximum Gasteiger partial charge on any atom is 0.322 e. The Kier molecular flexibility index (Phi) is 10.2. The predicted octanol–water partition coefficient (Wildman–Crippen LogP) is -3.73. The number of aliphatic hydroxyl groups is 1. The molecule has 0 heterocycles. The monoisotopic (exact) mass is 394 g/mol. The second-order valence-electron chi connectivity index (χ2n) is 5.29. The lowest BCUT2D eigenvalue weighted by Crippen LogP contribution is -2.59. The minimum atomic E-state index is -1.52. The summed E-state index contributed by atoms with van der Waals surface area (Å²) in [5.41, 5.74) is 5.37. The summed E-state index contributed by atoms with van der Waals surface area (Å²) in [5.74, 6) is -5.56. The van der Waals surface area contributed by atoms with Crippen LogP contribution >= 0.6 is 12.6 Å². The molecule has 12 nitrogen and oxygen atoms in total. The van der Waals surface area contributed by atoms with Crippen LogP contribution in [-0.2, 0) is 24.0 Å². The molecular formula is C13H22N4O8S. The van der Waals surface area contributed by atoms with Gasteiger partial charge in [-0.2, -0.15) is 12.6 Å². The van der Waals surface area contributed by atoms with Gasteiger partial charge in [-0.3, -0.25) is 24.0 Å². The van der Waals surface area contributed by atoms with E-state index in [0.717, 1.165) is 0 Å². The van der Waals surface area contributed by atoms with Crippen LogP contribution in [0.25, 0.3) is 0 Å². The molecule has 0 bridgehead atoms. The van der Waals surface area contributed by atoms with Crippen LogP contribution in [0.1, 0.15) is 13.3 Å². The van der Waals surface area contributed by atoms with Crippen LogP contribution < -0.4 is 21.7 Å². The van der Waals surface area contributed by atoms with Gasteiger partial charge in [0.05, 0.1) is 18.6 Å². The Balaban J connectivity index is 4.94. The summed E-state index contributed by atoms with van der Waals surface area (Å²) < 4.78 is 0. The lowest BCUT2D eigenvalue weighted by Gasteiger charge is -2.24. The van der Waals surface area contributed by atoms with E-state index in [1.807, 2.05) is 0 Å². The third kappa shape index (κ3) is 8.64. The average molecular weight is 394 g/mol. The number of aliphatic hydroxyl groups excluding tert-OH is 1. The van der Waals surface area contributed by atoms with E-state index in [0.29, 0.717) is 0 Å². The van der Waals surface area contributed by atoms with Crippen LogP contribution in [0.5, 0.6) is 0 Å². The molecule has 0 aromatic carbocycles. The first-order valence-electron chi connectivity index (χ1n) is 7.36. The highest BCUT2D eigenvalue weighted by atomic mass is 32.1. The largest absolute Gasteiger partial charge is 0.481 e. The molecule has 0 rings (SSSR count). The smallest absolute Gasteiger partial charge is 0.322 e. The molecule has 0 spiro atoms. The van der Waals surface area contributed by atoms with Crippen molar-refractivity contribution in [2.24, 2.45) is 5.73 Å². The van der Waals surface area contributed by atoms with Crippen molar-refractivity contribution in [3.63, 3.8) is 0 Å². The van der Waals surface area contributed by atoms with Gasteiger partial charge in [-0.05, 0) is 6.92 Å². The fourth-order valence-electron chi connectivity index (χ4n) is 1.69. The predicted molar refractivity (Wildman–Crippen MR) is 90.3 cm³/mol. The molecule has 0 aromatic rings. The van der Waals surface area contributed by atoms with Crippen LogP contribution in [0.15, 0.2) is 0 Å². The topological polar surface area (TPSA) is 208 Å². The van der Waals surface area contributed by atoms with E-state index in [2.05, 4.69) is 28.6 Å². The summed E-state index contributed by atoms with van der Waals surface area (Å²) in [6.45, 7) is 0.521. The lowest BCUT2D eigenvalue weighted by atomic mass is 10.1. The molecule has 3 amide bonds. The first-order valence-corrected chi connectivity index (χ1v) is 7.99. The Hall–Kier alpha value is -2.38. The van der Waals surface area contributed by atoms with E-state index in [9.17, 15) is 29.1 Å². The molecule has 0 radical (unpaired) electrons. The third-order valence-electron chi connectivity index (χ3n) is 3.02. The van der Waals surface area contributed by atoms with Gasteiger partial charge < -0.3 is 37.0 Å². The highest BCUT2D eigenvalue weighted by molar-refractivity contribution is 7.80. The number of thiol groups is 1. The van der Waals surface area contributed by atoms with Crippen molar-refractivity contribution in [1.82, 2.24) is 16.0 Å². The number of aliphatic carboxylic acids is 2. The third-order valence-corrected chi connectivity index (χ3v) is 3.39. The van der Waals surface area contributed by atoms with Gasteiger partial charge in [-0.15, -0.1) is 0 Å². The highest BCUT2D eigenvalue weighted by Gasteiger charge is 2.31. The van der Waals surface area contributed by atoms with Crippen molar-refractivity contribution in [2.75, 3.05) is 12.3 Å². The van der Waals surface area contributed by atoms with Gasteiger partial charge in [0.15, 0.2) is 0 Å². The normalized spacial score (nSPS) is 15.1. The molecule has 0 aliphatic heterocycles. The minimum Gasteiger partial charge on any atom is -0.481 e. The molecule has 0 fully saturated rings. The second-order valence-corrected chi connectivity index (χ2v) is 5.65. The van der Waals surface area contributed by atoms with E-state index in [1.54, 1.807) is 0 Å². The standard InChI is InChI=1S/C13H22N4O8S/c1-5(18)10(17-11(23)6(14)2-8(19)20)13(25)16-7(4-26)12(24)15-3-9(21)22/h5-7,10,18,26H,2-4,14H2,1H3,(H,15,24)(H,16,25)(H,17,23)(H,19,20)(H,21,22). The summed E-state index contributed by atoms with van der Waals surface area (Å²) in [6.07, 6.45) is -2.07. The number of carbonyl (C=O) groups excluding carboxylic acids is 3. The molecule has 4 unspecified atom stereocenters. The number of carboxylic acids is 2. The van der Waals surface area contributed by atoms with Crippen molar-refractivity contribution in [1.29, 1.82) is 0 Å². The zero-order chi connectivity index (χ0) is 20.4. The zero-order valence-corrected chi connectivity index (χ0v) is 14.7. The quantitative estimate of drug-likeness (QED) is 0.162. The summed E-state index contributed by atoms with van der Waals surface area (Å²) in [6, 6.07) is -4.19. The Labute approximate surface area is 153 Å². The minimum absolute atomic E-state index is 0.184. The van der Waals surface area contributed by atoms with E-state index < -0.39 is 66.9 Å². The average Bonchev–Trinajstić information content (AvgIpc) is 2.53. The Morgan fingerprint density at radius 3 is 2.00 bits per heavy atom. The molecule has 0 saturated carbocycles. The van der Waals surface area contributed by atoms with Gasteiger partial charge in [-0.25, -0.2) is 0 Å². The Bertz CT molecular complexity index is 556.